The molecule has 0 aliphatic carbocycles. The van der Waals surface area contributed by atoms with Gasteiger partial charge in [-0.25, -0.2) is 18.4 Å². The van der Waals surface area contributed by atoms with E-state index in [0.29, 0.717) is 28.3 Å². The molecule has 2 heterocycles. The van der Waals surface area contributed by atoms with Gasteiger partial charge >= 0.3 is 0 Å². The van der Waals surface area contributed by atoms with Crippen molar-refractivity contribution in [2.24, 2.45) is 0 Å². The Hall–Kier alpha value is -3.59. The van der Waals surface area contributed by atoms with Crippen LogP contribution in [0.3, 0.4) is 0 Å². The highest BCUT2D eigenvalue weighted by molar-refractivity contribution is 7.91. The summed E-state index contributed by atoms with van der Waals surface area (Å²) in [6.45, 7) is 0.470. The largest absolute Gasteiger partial charge is 0.489 e. The highest BCUT2D eigenvalue weighted by Gasteiger charge is 2.33. The number of hydrogen-bond donors (Lipinski definition) is 1. The van der Waals surface area contributed by atoms with Crippen molar-refractivity contribution in [2.75, 3.05) is 28.4 Å². The molecule has 186 valence electrons. The highest BCUT2D eigenvalue weighted by Crippen LogP contribution is 2.40. The molecular weight excluding hydrogens is 529 g/mol. The van der Waals surface area contributed by atoms with E-state index in [-0.39, 0.29) is 53.8 Å². The summed E-state index contributed by atoms with van der Waals surface area (Å²) >= 11 is 12.2. The van der Waals surface area contributed by atoms with Gasteiger partial charge in [0.25, 0.3) is 5.91 Å². The normalized spacial score (nSPS) is 12.7. The van der Waals surface area contributed by atoms with E-state index in [1.54, 1.807) is 35.2 Å². The van der Waals surface area contributed by atoms with Crippen LogP contribution in [-0.4, -0.2) is 43.0 Å². The van der Waals surface area contributed by atoms with Gasteiger partial charge in [-0.2, -0.15) is 5.26 Å². The highest BCUT2D eigenvalue weighted by atomic mass is 35.5. The SMILES string of the molecule is CS(=O)(=O)Nc1nccc(COc2ccc(N3Cc4c(cc(C#N)c(OCCCl)c4Cl)C3=O)cc2)n1. The van der Waals surface area contributed by atoms with Crippen LogP contribution in [0, 0.1) is 11.3 Å². The van der Waals surface area contributed by atoms with Crippen molar-refractivity contribution in [1.29, 1.82) is 5.26 Å². The van der Waals surface area contributed by atoms with Gasteiger partial charge in [0.1, 0.15) is 25.0 Å². The number of aromatic nitrogens is 2. The van der Waals surface area contributed by atoms with Crippen LogP contribution < -0.4 is 19.1 Å². The van der Waals surface area contributed by atoms with Crippen LogP contribution in [0.15, 0.2) is 42.6 Å². The fraction of sp³-hybridized carbons (Fsp3) is 0.217. The number of carbonyl (C=O) groups excluding carboxylic acids is 1. The van der Waals surface area contributed by atoms with Crippen molar-refractivity contribution in [3.05, 3.63) is 70.0 Å². The number of benzene rings is 2. The van der Waals surface area contributed by atoms with Crippen molar-refractivity contribution < 1.29 is 22.7 Å². The summed E-state index contributed by atoms with van der Waals surface area (Å²) in [4.78, 5) is 22.6. The number of sulfonamides is 1. The zero-order valence-corrected chi connectivity index (χ0v) is 21.2. The summed E-state index contributed by atoms with van der Waals surface area (Å²) in [6.07, 6.45) is 2.43. The molecular formula is C23H19Cl2N5O5S. The molecule has 0 fully saturated rings. The van der Waals surface area contributed by atoms with E-state index in [2.05, 4.69) is 14.7 Å². The fourth-order valence-electron chi connectivity index (χ4n) is 3.54. The molecule has 0 bridgehead atoms. The topological polar surface area (TPSA) is 135 Å². The van der Waals surface area contributed by atoms with Crippen LogP contribution in [0.5, 0.6) is 11.5 Å². The monoisotopic (exact) mass is 547 g/mol. The molecule has 10 nitrogen and oxygen atoms in total. The molecule has 1 aliphatic rings. The molecule has 0 saturated heterocycles. The number of nitriles is 1. The van der Waals surface area contributed by atoms with Crippen molar-refractivity contribution in [3.8, 4) is 17.6 Å². The Labute approximate surface area is 217 Å². The quantitative estimate of drug-likeness (QED) is 0.400. The van der Waals surface area contributed by atoms with Gasteiger partial charge in [-0.05, 0) is 36.4 Å². The Kier molecular flexibility index (Phi) is 7.49. The molecule has 1 amide bonds. The first kappa shape index (κ1) is 25.5. The van der Waals surface area contributed by atoms with E-state index in [0.717, 1.165) is 6.26 Å². The molecule has 1 aliphatic heterocycles. The van der Waals surface area contributed by atoms with Gasteiger partial charge < -0.3 is 14.4 Å². The molecule has 0 spiro atoms. The van der Waals surface area contributed by atoms with E-state index in [4.69, 9.17) is 32.7 Å². The average molecular weight is 548 g/mol. The number of halogens is 2. The van der Waals surface area contributed by atoms with Crippen LogP contribution in [0.2, 0.25) is 5.02 Å². The molecule has 0 saturated carbocycles. The first-order valence-electron chi connectivity index (χ1n) is 10.5. The number of carbonyl (C=O) groups is 1. The van der Waals surface area contributed by atoms with Gasteiger partial charge in [0.2, 0.25) is 16.0 Å². The number of fused-ring (bicyclic) bond motifs is 1. The lowest BCUT2D eigenvalue weighted by Gasteiger charge is -2.16. The maximum atomic E-state index is 13.1. The molecule has 1 N–H and O–H groups in total. The molecule has 13 heteroatoms. The second-order valence-corrected chi connectivity index (χ2v) is 10.2. The Morgan fingerprint density at radius 3 is 2.64 bits per heavy atom. The summed E-state index contributed by atoms with van der Waals surface area (Å²) < 4.78 is 36.2. The second kappa shape index (κ2) is 10.6. The van der Waals surface area contributed by atoms with Crippen molar-refractivity contribution >= 4 is 50.8 Å². The number of nitrogens with zero attached hydrogens (tertiary/aromatic N) is 4. The molecule has 0 unspecified atom stereocenters. The zero-order chi connectivity index (χ0) is 25.9. The van der Waals surface area contributed by atoms with E-state index >= 15 is 0 Å². The van der Waals surface area contributed by atoms with E-state index < -0.39 is 10.0 Å². The summed E-state index contributed by atoms with van der Waals surface area (Å²) in [5.74, 6) is 0.633. The number of anilines is 2. The molecule has 4 rings (SSSR count). The molecule has 0 atom stereocenters. The van der Waals surface area contributed by atoms with Gasteiger partial charge in [-0.1, -0.05) is 11.6 Å². The summed E-state index contributed by atoms with van der Waals surface area (Å²) in [7, 11) is -3.50. The number of alkyl halides is 1. The van der Waals surface area contributed by atoms with Crippen LogP contribution >= 0.6 is 23.2 Å². The number of amides is 1. The Morgan fingerprint density at radius 1 is 1.22 bits per heavy atom. The molecule has 36 heavy (non-hydrogen) atoms. The third-order valence-corrected chi connectivity index (χ3v) is 6.19. The van der Waals surface area contributed by atoms with Crippen molar-refractivity contribution in [1.82, 2.24) is 9.97 Å². The van der Waals surface area contributed by atoms with E-state index in [9.17, 15) is 18.5 Å². The third kappa shape index (κ3) is 5.62. The van der Waals surface area contributed by atoms with E-state index in [1.165, 1.54) is 12.3 Å². The zero-order valence-electron chi connectivity index (χ0n) is 18.9. The van der Waals surface area contributed by atoms with E-state index in [1.807, 2.05) is 6.07 Å². The maximum Gasteiger partial charge on any atom is 0.259 e. The van der Waals surface area contributed by atoms with Crippen LogP contribution in [-0.2, 0) is 23.2 Å². The Bertz CT molecular complexity index is 1460. The minimum absolute atomic E-state index is 0.0458. The number of rotatable bonds is 9. The predicted octanol–water partition coefficient (Wildman–Crippen LogP) is 3.73. The van der Waals surface area contributed by atoms with Gasteiger partial charge in [0.15, 0.2) is 5.75 Å². The number of ether oxygens (including phenoxy) is 2. The van der Waals surface area contributed by atoms with Gasteiger partial charge in [-0.15, -0.1) is 11.6 Å². The second-order valence-electron chi connectivity index (χ2n) is 7.66. The Morgan fingerprint density at radius 2 is 1.97 bits per heavy atom. The smallest absolute Gasteiger partial charge is 0.259 e. The first-order chi connectivity index (χ1) is 17.2. The standard InChI is InChI=1S/C23H19Cl2N5O5S/c1-36(32,33)29-23-27-8-6-15(28-23)13-35-17-4-2-16(3-5-17)30-12-19-18(22(30)31)10-14(11-26)21(20(19)25)34-9-7-24/h2-6,8,10H,7,9,12-13H2,1H3,(H,27,28,29). The summed E-state index contributed by atoms with van der Waals surface area (Å²) in [6, 6.07) is 11.9. The fourth-order valence-corrected chi connectivity index (χ4v) is 4.36. The van der Waals surface area contributed by atoms with Crippen LogP contribution in [0.1, 0.15) is 27.2 Å². The maximum absolute atomic E-state index is 13.1. The first-order valence-corrected chi connectivity index (χ1v) is 13.3. The van der Waals surface area contributed by atoms with Gasteiger partial charge in [0, 0.05) is 23.0 Å². The molecule has 2 aromatic carbocycles. The Balaban J connectivity index is 1.47. The van der Waals surface area contributed by atoms with Crippen molar-refractivity contribution in [2.45, 2.75) is 13.2 Å². The molecule has 0 radical (unpaired) electrons. The van der Waals surface area contributed by atoms with Crippen molar-refractivity contribution in [3.63, 3.8) is 0 Å². The molecule has 3 aromatic rings. The van der Waals surface area contributed by atoms with Crippen LogP contribution in [0.4, 0.5) is 11.6 Å². The van der Waals surface area contributed by atoms with Crippen LogP contribution in [0.25, 0.3) is 0 Å². The summed E-state index contributed by atoms with van der Waals surface area (Å²) in [5, 5.41) is 9.69. The molecule has 1 aromatic heterocycles. The van der Waals surface area contributed by atoms with Gasteiger partial charge in [-0.3, -0.25) is 9.52 Å². The minimum atomic E-state index is -3.50. The average Bonchev–Trinajstić information content (AvgIpc) is 3.18. The lowest BCUT2D eigenvalue weighted by atomic mass is 10.1. The lowest BCUT2D eigenvalue weighted by molar-refractivity contribution is 0.0996. The number of nitrogens with one attached hydrogen (secondary N) is 1. The lowest BCUT2D eigenvalue weighted by Crippen LogP contribution is -2.22. The summed E-state index contributed by atoms with van der Waals surface area (Å²) in [5.41, 5.74) is 2.18. The minimum Gasteiger partial charge on any atom is -0.489 e. The third-order valence-electron chi connectivity index (χ3n) is 5.08. The predicted molar refractivity (Wildman–Crippen MR) is 134 cm³/mol. The van der Waals surface area contributed by atoms with Gasteiger partial charge in [0.05, 0.1) is 35.0 Å². The number of hydrogen-bond acceptors (Lipinski definition) is 8.